The number of benzene rings is 2. The van der Waals surface area contributed by atoms with Gasteiger partial charge in [-0.15, -0.1) is 0 Å². The smallest absolute Gasteiger partial charge is 0.141 e. The van der Waals surface area contributed by atoms with Crippen LogP contribution >= 0.6 is 0 Å². The van der Waals surface area contributed by atoms with Gasteiger partial charge in [-0.2, -0.15) is 0 Å². The molecule has 1 unspecified atom stereocenters. The van der Waals surface area contributed by atoms with E-state index < -0.39 is 0 Å². The number of aryl methyl sites for hydroxylation is 1. The minimum absolute atomic E-state index is 0.412. The van der Waals surface area contributed by atoms with Crippen molar-refractivity contribution in [1.82, 2.24) is 20.3 Å². The molecule has 1 aliphatic rings. The highest BCUT2D eigenvalue weighted by Gasteiger charge is 2.10. The largest absolute Gasteiger partial charge is 0.457 e. The fraction of sp³-hybridized carbons (Fsp3) is 0.222. The van der Waals surface area contributed by atoms with Gasteiger partial charge in [-0.05, 0) is 80.4 Å². The first-order chi connectivity index (χ1) is 16.2. The number of fused-ring (bicyclic) bond motifs is 1. The van der Waals surface area contributed by atoms with Crippen LogP contribution in [0.15, 0.2) is 67.3 Å². The summed E-state index contributed by atoms with van der Waals surface area (Å²) >= 11 is 0. The summed E-state index contributed by atoms with van der Waals surface area (Å²) in [4.78, 5) is 12.9. The van der Waals surface area contributed by atoms with Crippen LogP contribution in [0.3, 0.4) is 0 Å². The van der Waals surface area contributed by atoms with Crippen LogP contribution in [-0.4, -0.2) is 28.0 Å². The minimum Gasteiger partial charge on any atom is -0.457 e. The van der Waals surface area contributed by atoms with Crippen LogP contribution in [0, 0.1) is 24.7 Å². The molecule has 2 aromatic heterocycles. The molecule has 1 aliphatic heterocycles. The lowest BCUT2D eigenvalue weighted by Gasteiger charge is -2.17. The monoisotopic (exact) mass is 435 g/mol. The molecular formula is C27H25N5O. The Morgan fingerprint density at radius 3 is 2.79 bits per heavy atom. The first-order valence-electron chi connectivity index (χ1n) is 11.2. The molecule has 2 N–H and O–H groups in total. The molecule has 2 aromatic carbocycles. The maximum atomic E-state index is 5.96. The fourth-order valence-corrected chi connectivity index (χ4v) is 3.91. The molecule has 0 bridgehead atoms. The summed E-state index contributed by atoms with van der Waals surface area (Å²) in [5.41, 5.74) is 3.80. The highest BCUT2D eigenvalue weighted by atomic mass is 16.5. The summed E-state index contributed by atoms with van der Waals surface area (Å²) in [6.07, 6.45) is 7.35. The topological polar surface area (TPSA) is 72.0 Å². The Balaban J connectivity index is 1.38. The van der Waals surface area contributed by atoms with E-state index in [1.165, 1.54) is 6.42 Å². The first-order valence-corrected chi connectivity index (χ1v) is 11.2. The molecule has 0 saturated carbocycles. The summed E-state index contributed by atoms with van der Waals surface area (Å²) in [7, 11) is 0. The van der Waals surface area contributed by atoms with Crippen LogP contribution < -0.4 is 15.4 Å². The number of rotatable bonds is 4. The zero-order chi connectivity index (χ0) is 22.5. The van der Waals surface area contributed by atoms with Gasteiger partial charge in [0.1, 0.15) is 23.6 Å². The molecule has 6 heteroatoms. The van der Waals surface area contributed by atoms with Gasteiger partial charge in [-0.3, -0.25) is 4.98 Å². The average Bonchev–Trinajstić information content (AvgIpc) is 2.86. The minimum atomic E-state index is 0.412. The number of pyridine rings is 1. The van der Waals surface area contributed by atoms with Crippen molar-refractivity contribution in [2.24, 2.45) is 5.92 Å². The third kappa shape index (κ3) is 5.11. The number of hydrogen-bond donors (Lipinski definition) is 2. The highest BCUT2D eigenvalue weighted by molar-refractivity contribution is 5.91. The average molecular weight is 436 g/mol. The van der Waals surface area contributed by atoms with E-state index in [1.807, 2.05) is 49.4 Å². The summed E-state index contributed by atoms with van der Waals surface area (Å²) in [6, 6.07) is 15.8. The normalized spacial score (nSPS) is 15.5. The second kappa shape index (κ2) is 9.68. The van der Waals surface area contributed by atoms with E-state index in [9.17, 15) is 0 Å². The summed E-state index contributed by atoms with van der Waals surface area (Å²) in [5.74, 6) is 9.48. The van der Waals surface area contributed by atoms with Crippen LogP contribution in [0.25, 0.3) is 10.9 Å². The van der Waals surface area contributed by atoms with Crippen molar-refractivity contribution in [2.45, 2.75) is 19.8 Å². The van der Waals surface area contributed by atoms with E-state index in [0.717, 1.165) is 64.5 Å². The molecule has 5 rings (SSSR count). The van der Waals surface area contributed by atoms with Crippen molar-refractivity contribution in [1.29, 1.82) is 0 Å². The van der Waals surface area contributed by atoms with E-state index in [1.54, 1.807) is 18.7 Å². The van der Waals surface area contributed by atoms with Crippen molar-refractivity contribution in [3.05, 3.63) is 78.4 Å². The number of ether oxygens (including phenoxy) is 1. The Morgan fingerprint density at radius 1 is 1.06 bits per heavy atom. The SMILES string of the molecule is Cc1cc(Nc2ncnc3ccc(C#CC4CCCNC4)cc23)ccc1Oc1ccncc1. The van der Waals surface area contributed by atoms with Crippen molar-refractivity contribution in [2.75, 3.05) is 18.4 Å². The Labute approximate surface area is 193 Å². The summed E-state index contributed by atoms with van der Waals surface area (Å²) < 4.78 is 5.96. The van der Waals surface area contributed by atoms with Gasteiger partial charge < -0.3 is 15.4 Å². The number of nitrogens with one attached hydrogen (secondary N) is 2. The van der Waals surface area contributed by atoms with Crippen molar-refractivity contribution in [3.63, 3.8) is 0 Å². The molecule has 1 saturated heterocycles. The Morgan fingerprint density at radius 2 is 1.97 bits per heavy atom. The maximum absolute atomic E-state index is 5.96. The number of aromatic nitrogens is 3. The molecule has 4 aromatic rings. The Hall–Kier alpha value is -3.95. The summed E-state index contributed by atoms with van der Waals surface area (Å²) in [5, 5.41) is 7.80. The fourth-order valence-electron chi connectivity index (χ4n) is 3.91. The quantitative estimate of drug-likeness (QED) is 0.428. The molecule has 0 radical (unpaired) electrons. The third-order valence-corrected chi connectivity index (χ3v) is 5.67. The van der Waals surface area contributed by atoms with Gasteiger partial charge in [-0.1, -0.05) is 11.8 Å². The molecule has 0 aliphatic carbocycles. The van der Waals surface area contributed by atoms with Gasteiger partial charge >= 0.3 is 0 Å². The lowest BCUT2D eigenvalue weighted by molar-refractivity contribution is 0.449. The van der Waals surface area contributed by atoms with E-state index in [-0.39, 0.29) is 0 Å². The van der Waals surface area contributed by atoms with Crippen molar-refractivity contribution >= 4 is 22.4 Å². The maximum Gasteiger partial charge on any atom is 0.141 e. The number of anilines is 2. The molecule has 1 atom stereocenters. The molecule has 164 valence electrons. The number of piperidine rings is 1. The molecule has 33 heavy (non-hydrogen) atoms. The second-order valence-electron chi connectivity index (χ2n) is 8.16. The third-order valence-electron chi connectivity index (χ3n) is 5.67. The number of hydrogen-bond acceptors (Lipinski definition) is 6. The van der Waals surface area contributed by atoms with Crippen molar-refractivity contribution in [3.8, 4) is 23.3 Å². The van der Waals surface area contributed by atoms with Crippen molar-refractivity contribution < 1.29 is 4.74 Å². The van der Waals surface area contributed by atoms with Crippen LogP contribution in [0.4, 0.5) is 11.5 Å². The van der Waals surface area contributed by atoms with Gasteiger partial charge in [0.15, 0.2) is 0 Å². The van der Waals surface area contributed by atoms with E-state index in [2.05, 4.69) is 43.5 Å². The predicted molar refractivity (Wildman–Crippen MR) is 131 cm³/mol. The zero-order valence-corrected chi connectivity index (χ0v) is 18.5. The summed E-state index contributed by atoms with van der Waals surface area (Å²) in [6.45, 7) is 4.08. The van der Waals surface area contributed by atoms with Gasteiger partial charge in [0.2, 0.25) is 0 Å². The molecule has 0 spiro atoms. The molecule has 3 heterocycles. The van der Waals surface area contributed by atoms with Gasteiger partial charge in [0, 0.05) is 41.5 Å². The lowest BCUT2D eigenvalue weighted by Crippen LogP contribution is -2.28. The lowest BCUT2D eigenvalue weighted by atomic mass is 10.00. The van der Waals surface area contributed by atoms with Crippen LogP contribution in [0.1, 0.15) is 24.0 Å². The van der Waals surface area contributed by atoms with Crippen LogP contribution in [0.2, 0.25) is 0 Å². The first kappa shape index (κ1) is 20.9. The van der Waals surface area contributed by atoms with E-state index in [0.29, 0.717) is 5.92 Å². The zero-order valence-electron chi connectivity index (χ0n) is 18.5. The molecule has 0 amide bonds. The van der Waals surface area contributed by atoms with E-state index in [4.69, 9.17) is 4.74 Å². The van der Waals surface area contributed by atoms with Gasteiger partial charge in [0.25, 0.3) is 0 Å². The van der Waals surface area contributed by atoms with Crippen LogP contribution in [-0.2, 0) is 0 Å². The van der Waals surface area contributed by atoms with Crippen LogP contribution in [0.5, 0.6) is 11.5 Å². The number of nitrogens with zero attached hydrogens (tertiary/aromatic N) is 3. The van der Waals surface area contributed by atoms with Gasteiger partial charge in [0.05, 0.1) is 5.52 Å². The Kier molecular flexibility index (Phi) is 6.14. The van der Waals surface area contributed by atoms with Gasteiger partial charge in [-0.25, -0.2) is 9.97 Å². The second-order valence-corrected chi connectivity index (χ2v) is 8.16. The molecule has 6 nitrogen and oxygen atoms in total. The molecule has 1 fully saturated rings. The van der Waals surface area contributed by atoms with E-state index >= 15 is 0 Å². The highest BCUT2D eigenvalue weighted by Crippen LogP contribution is 2.29. The molecular weight excluding hydrogens is 410 g/mol. The Bertz CT molecular complexity index is 1320. The standard InChI is InChI=1S/C27H25N5O/c1-19-15-22(7-9-26(19)33-23-10-13-28-14-11-23)32-27-24-16-20(6-8-25(24)30-18-31-27)4-5-21-3-2-12-29-17-21/h6-11,13-16,18,21,29H,2-3,12,17H2,1H3,(H,30,31,32). The predicted octanol–water partition coefficient (Wildman–Crippen LogP) is 5.22.